The Labute approximate surface area is 393 Å². The fourth-order valence-electron chi connectivity index (χ4n) is 6.29. The molecule has 0 aromatic carbocycles. The van der Waals surface area contributed by atoms with Crippen molar-refractivity contribution in [1.29, 1.82) is 0 Å². The SMILES string of the molecule is [CH2-]OCC(CO[CH2-])(COCCCC)COCCCC.[CH2-]OCC(O)COCC(CCCOC1CCCCO1)OCOC.[CH2-]OCC(O)COCC(CCCOC1CCCCO1)OCOC.[Rf].[Rf]. The minimum atomic E-state index is -0.678. The van der Waals surface area contributed by atoms with Gasteiger partial charge in [0.1, 0.15) is 13.6 Å². The average molecular weight is 1480 g/mol. The van der Waals surface area contributed by atoms with E-state index >= 15 is 0 Å². The summed E-state index contributed by atoms with van der Waals surface area (Å²) in [6.45, 7) is 12.5. The molecule has 2 fully saturated rings. The van der Waals surface area contributed by atoms with Gasteiger partial charge in [-0.25, -0.2) is 28.4 Å². The molecule has 2 N–H and O–H groups in total. The average Bonchev–Trinajstić information content (AvgIpc) is 3.31. The van der Waals surface area contributed by atoms with Crippen LogP contribution in [-0.2, 0) is 75.8 Å². The van der Waals surface area contributed by atoms with Crippen LogP contribution in [0.3, 0.4) is 0 Å². The van der Waals surface area contributed by atoms with Crippen molar-refractivity contribution in [3.8, 4) is 0 Å². The number of aliphatic hydroxyl groups excluding tert-OH is 2. The van der Waals surface area contributed by atoms with Crippen LogP contribution in [0.25, 0.3) is 0 Å². The molecule has 0 amide bonds. The predicted octanol–water partition coefficient (Wildman–Crippen LogP) is 6.19. The van der Waals surface area contributed by atoms with Gasteiger partial charge in [-0.05, 0) is 77.0 Å². The van der Waals surface area contributed by atoms with Crippen molar-refractivity contribution in [2.24, 2.45) is 5.41 Å². The van der Waals surface area contributed by atoms with Crippen molar-refractivity contribution in [2.75, 3.05) is 134 Å². The Morgan fingerprint density at radius 1 is 0.522 bits per heavy atom. The van der Waals surface area contributed by atoms with Crippen LogP contribution in [0.15, 0.2) is 0 Å². The van der Waals surface area contributed by atoms with Gasteiger partial charge in [-0.3, -0.25) is 0 Å². The number of hydrogen-bond acceptors (Lipinski definition) is 18. The third kappa shape index (κ3) is 41.9. The van der Waals surface area contributed by atoms with Gasteiger partial charge in [0, 0.05) is 80.3 Å². The fourth-order valence-corrected chi connectivity index (χ4v) is 6.29. The Morgan fingerprint density at radius 2 is 0.940 bits per heavy atom. The number of hydrogen-bond donors (Lipinski definition) is 2. The van der Waals surface area contributed by atoms with Crippen molar-refractivity contribution in [3.63, 3.8) is 0 Å². The second-order valence-corrected chi connectivity index (χ2v) is 16.1. The molecule has 20 heteroatoms. The van der Waals surface area contributed by atoms with E-state index in [1.165, 1.54) is 0 Å². The van der Waals surface area contributed by atoms with Crippen LogP contribution in [-0.4, -0.2) is 181 Å². The second-order valence-electron chi connectivity index (χ2n) is 16.1. The Balaban J connectivity index is -0.000000909. The molecule has 67 heavy (non-hydrogen) atoms. The molecule has 0 spiro atoms. The van der Waals surface area contributed by atoms with E-state index in [-0.39, 0.29) is 70.2 Å². The van der Waals surface area contributed by atoms with Crippen molar-refractivity contribution in [3.05, 3.63) is 28.4 Å². The topological polar surface area (TPSA) is 188 Å². The Morgan fingerprint density at radius 3 is 1.27 bits per heavy atom. The van der Waals surface area contributed by atoms with Crippen LogP contribution >= 0.6 is 0 Å². The molecule has 2 rings (SSSR count). The molecule has 2 aliphatic rings. The van der Waals surface area contributed by atoms with Gasteiger partial charge in [-0.2, -0.15) is 0 Å². The van der Waals surface area contributed by atoms with Gasteiger partial charge in [-0.1, -0.05) is 26.7 Å². The molecule has 0 aromatic rings. The molecule has 6 atom stereocenters. The normalized spacial score (nSPS) is 18.0. The zero-order valence-electron chi connectivity index (χ0n) is 42.3. The summed E-state index contributed by atoms with van der Waals surface area (Å²) in [6.07, 6.45) is 12.5. The summed E-state index contributed by atoms with van der Waals surface area (Å²) >= 11 is 0. The minimum Gasteiger partial charge on any atom is -0.554 e. The molecule has 0 saturated carbocycles. The molecular weight excluding hydrogens is 1390 g/mol. The van der Waals surface area contributed by atoms with Crippen LogP contribution in [0.2, 0.25) is 0 Å². The largest absolute Gasteiger partial charge is 0.554 e. The predicted molar refractivity (Wildman–Crippen MR) is 244 cm³/mol. The summed E-state index contributed by atoms with van der Waals surface area (Å²) in [5.41, 5.74) is -0.315. The van der Waals surface area contributed by atoms with Gasteiger partial charge >= 0.3 is 0 Å². The zero-order chi connectivity index (χ0) is 47.9. The van der Waals surface area contributed by atoms with Crippen LogP contribution in [0.5, 0.6) is 0 Å². The molecule has 0 radical (unpaired) electrons. The second kappa shape index (κ2) is 51.1. The molecule has 2 saturated heterocycles. The number of unbranched alkanes of at least 4 members (excludes halogenated alkanes) is 2. The number of methoxy groups -OCH3 is 2. The summed E-state index contributed by atoms with van der Waals surface area (Å²) in [5, 5.41) is 19.0. The van der Waals surface area contributed by atoms with E-state index in [0.717, 1.165) is 116 Å². The maximum Gasteiger partial charge on any atom is 0.157 e. The Bertz CT molecular complexity index is 871. The monoisotopic (exact) mass is 1480 g/mol. The first-order chi connectivity index (χ1) is 31.8. The molecule has 2 aliphatic heterocycles. The van der Waals surface area contributed by atoms with Crippen LogP contribution in [0.4, 0.5) is 0 Å². The Kier molecular flexibility index (Phi) is 52.3. The maximum absolute atomic E-state index is 9.51. The summed E-state index contributed by atoms with van der Waals surface area (Å²) in [4.78, 5) is 0. The van der Waals surface area contributed by atoms with Crippen LogP contribution < -0.4 is 0 Å². The summed E-state index contributed by atoms with van der Waals surface area (Å²) < 4.78 is 85.1. The third-order valence-corrected chi connectivity index (χ3v) is 9.83. The number of ether oxygens (including phenoxy) is 16. The summed E-state index contributed by atoms with van der Waals surface area (Å²) in [7, 11) is 16.5. The van der Waals surface area contributed by atoms with Crippen LogP contribution in [0.1, 0.15) is 104 Å². The zero-order valence-corrected chi connectivity index (χ0v) is 55.1. The molecule has 0 aromatic heterocycles. The first-order valence-corrected chi connectivity index (χ1v) is 23.6. The van der Waals surface area contributed by atoms with Gasteiger partial charge in [-0.15, -0.1) is 0 Å². The molecular formula is C47H92O18Rf2-4. The van der Waals surface area contributed by atoms with Gasteiger partial charge in [0.05, 0.1) is 69.5 Å². The van der Waals surface area contributed by atoms with Gasteiger partial charge in [0.2, 0.25) is 0 Å². The van der Waals surface area contributed by atoms with Gasteiger partial charge < -0.3 is 86.0 Å². The molecule has 6 unspecified atom stereocenters. The van der Waals surface area contributed by atoms with E-state index in [0.29, 0.717) is 52.9 Å². The minimum absolute atomic E-state index is 0. The molecule has 396 valence electrons. The van der Waals surface area contributed by atoms with Gasteiger partial charge in [0.25, 0.3) is 0 Å². The number of aliphatic hydroxyl groups is 2. The molecule has 18 nitrogen and oxygen atoms in total. The number of rotatable bonds is 42. The van der Waals surface area contributed by atoms with E-state index in [1.807, 2.05) is 0 Å². The maximum atomic E-state index is 9.51. The first-order valence-electron chi connectivity index (χ1n) is 23.6. The third-order valence-electron chi connectivity index (χ3n) is 9.83. The van der Waals surface area contributed by atoms with E-state index in [9.17, 15) is 10.2 Å². The van der Waals surface area contributed by atoms with Crippen molar-refractivity contribution < 1.29 is 86.0 Å². The van der Waals surface area contributed by atoms with Crippen LogP contribution in [0, 0.1) is 33.9 Å². The van der Waals surface area contributed by atoms with Crippen molar-refractivity contribution in [1.82, 2.24) is 0 Å². The van der Waals surface area contributed by atoms with Crippen molar-refractivity contribution in [2.45, 2.75) is 141 Å². The van der Waals surface area contributed by atoms with E-state index in [1.54, 1.807) is 14.2 Å². The fraction of sp³-hybridized carbons (Fsp3) is 0.915. The smallest absolute Gasteiger partial charge is 0.157 e. The van der Waals surface area contributed by atoms with Crippen molar-refractivity contribution >= 4 is 0 Å². The molecule has 0 bridgehead atoms. The standard InChI is InChI=1S/2C16H31O7.C15H30O4.2Rf/c2*1-18-10-14(17)11-20-12-15(23-13-19-2)6-5-9-22-16-7-3-4-8-21-16;1-5-7-9-18-13-15(11-16-3,12-17-4)14-19-10-8-6-2;;/h2*14-17H,1,3-13H2,2H3;3-14H2,1-2H3;;/q2*-1;-2;;. The summed E-state index contributed by atoms with van der Waals surface area (Å²) in [6, 6.07) is 0. The first kappa shape index (κ1) is 68.5. The van der Waals surface area contributed by atoms with E-state index < -0.39 is 12.2 Å². The van der Waals surface area contributed by atoms with Gasteiger partial charge in [0.15, 0.2) is 12.6 Å². The molecule has 2 heterocycles. The van der Waals surface area contributed by atoms with E-state index in [2.05, 4.69) is 51.8 Å². The summed E-state index contributed by atoms with van der Waals surface area (Å²) in [5.74, 6) is 0. The van der Waals surface area contributed by atoms with E-state index in [4.69, 9.17) is 66.3 Å². The quantitative estimate of drug-likeness (QED) is 0.0400. The molecule has 0 aliphatic carbocycles. The Hall–Kier alpha value is -2.72.